The van der Waals surface area contributed by atoms with Crippen molar-refractivity contribution in [3.63, 3.8) is 0 Å². The Morgan fingerprint density at radius 3 is 2.69 bits per heavy atom. The molecule has 0 spiro atoms. The van der Waals surface area contributed by atoms with E-state index in [1.165, 1.54) is 56.4 Å². The van der Waals surface area contributed by atoms with Crippen LogP contribution in [0.4, 0.5) is 11.6 Å². The quantitative estimate of drug-likeness (QED) is 0.398. The van der Waals surface area contributed by atoms with Gasteiger partial charge in [-0.25, -0.2) is 9.97 Å². The number of nitrogens with one attached hydrogen (secondary N) is 1. The Bertz CT molecular complexity index is 726. The number of hydrogen-bond donors (Lipinski definition) is 2. The standard InChI is InChI=1S/C21H30N4S/c1-3-17-9-10-19(23-21-22-15-16(2)20(26)24-21)14-18(17)8-4-5-11-25-12-6-7-13-25/h9-10,14-15H,3-8,11-13H2,1-2H3,(H2,22,23,24,26). The van der Waals surface area contributed by atoms with Crippen LogP contribution in [0.3, 0.4) is 0 Å². The summed E-state index contributed by atoms with van der Waals surface area (Å²) in [4.78, 5) is 11.3. The minimum Gasteiger partial charge on any atom is -0.324 e. The number of nitrogens with zero attached hydrogens (tertiary/aromatic N) is 3. The van der Waals surface area contributed by atoms with Gasteiger partial charge in [-0.05, 0) is 93.9 Å². The van der Waals surface area contributed by atoms with Crippen molar-refractivity contribution in [2.24, 2.45) is 0 Å². The number of rotatable bonds is 8. The number of aromatic nitrogens is 2. The molecule has 1 aliphatic heterocycles. The average Bonchev–Trinajstić information content (AvgIpc) is 3.16. The first-order chi connectivity index (χ1) is 12.7. The lowest BCUT2D eigenvalue weighted by atomic mass is 9.99. The fourth-order valence-corrected chi connectivity index (χ4v) is 3.71. The smallest absolute Gasteiger partial charge is 0.228 e. The van der Waals surface area contributed by atoms with Gasteiger partial charge in [-0.1, -0.05) is 13.0 Å². The lowest BCUT2D eigenvalue weighted by molar-refractivity contribution is 0.330. The van der Waals surface area contributed by atoms with Crippen LogP contribution in [0, 0.1) is 6.92 Å². The van der Waals surface area contributed by atoms with Crippen LogP contribution in [0.2, 0.25) is 0 Å². The normalized spacial score (nSPS) is 14.7. The molecule has 26 heavy (non-hydrogen) atoms. The highest BCUT2D eigenvalue weighted by molar-refractivity contribution is 7.80. The summed E-state index contributed by atoms with van der Waals surface area (Å²) < 4.78 is 0. The van der Waals surface area contributed by atoms with E-state index in [0.29, 0.717) is 5.95 Å². The van der Waals surface area contributed by atoms with Crippen molar-refractivity contribution >= 4 is 24.3 Å². The van der Waals surface area contributed by atoms with Crippen LogP contribution in [0.5, 0.6) is 0 Å². The Morgan fingerprint density at radius 1 is 1.15 bits per heavy atom. The summed E-state index contributed by atoms with van der Waals surface area (Å²) >= 11 is 4.38. The average molecular weight is 371 g/mol. The fraction of sp³-hybridized carbons (Fsp3) is 0.524. The molecule has 0 bridgehead atoms. The summed E-state index contributed by atoms with van der Waals surface area (Å²) in [6.45, 7) is 8.03. The van der Waals surface area contributed by atoms with Gasteiger partial charge in [0.15, 0.2) is 0 Å². The summed E-state index contributed by atoms with van der Waals surface area (Å²) in [5.74, 6) is 0.602. The van der Waals surface area contributed by atoms with E-state index in [-0.39, 0.29) is 0 Å². The number of hydrogen-bond acceptors (Lipinski definition) is 5. The predicted octanol–water partition coefficient (Wildman–Crippen LogP) is 4.80. The summed E-state index contributed by atoms with van der Waals surface area (Å²) in [5, 5.41) is 4.04. The Labute approximate surface area is 162 Å². The van der Waals surface area contributed by atoms with Gasteiger partial charge < -0.3 is 10.2 Å². The van der Waals surface area contributed by atoms with Gasteiger partial charge in [0.05, 0.1) is 0 Å². The summed E-state index contributed by atoms with van der Waals surface area (Å²) in [6.07, 6.45) is 9.30. The predicted molar refractivity (Wildman–Crippen MR) is 112 cm³/mol. The molecule has 140 valence electrons. The third-order valence-corrected chi connectivity index (χ3v) is 5.61. The number of aryl methyl sites for hydroxylation is 3. The van der Waals surface area contributed by atoms with Crippen molar-refractivity contribution in [1.29, 1.82) is 0 Å². The zero-order chi connectivity index (χ0) is 18.4. The van der Waals surface area contributed by atoms with E-state index in [1.807, 2.05) is 6.92 Å². The minimum absolute atomic E-state index is 0.602. The molecule has 3 rings (SSSR count). The zero-order valence-electron chi connectivity index (χ0n) is 16.0. The van der Waals surface area contributed by atoms with Crippen LogP contribution >= 0.6 is 12.6 Å². The third-order valence-electron chi connectivity index (χ3n) is 5.16. The topological polar surface area (TPSA) is 41.1 Å². The van der Waals surface area contributed by atoms with Gasteiger partial charge in [0.25, 0.3) is 0 Å². The summed E-state index contributed by atoms with van der Waals surface area (Å²) in [6, 6.07) is 6.61. The molecular formula is C21H30N4S. The van der Waals surface area contributed by atoms with Crippen molar-refractivity contribution in [2.75, 3.05) is 25.0 Å². The fourth-order valence-electron chi connectivity index (χ4n) is 3.56. The molecule has 1 saturated heterocycles. The number of anilines is 2. The van der Waals surface area contributed by atoms with Gasteiger partial charge in [-0.2, -0.15) is 0 Å². The van der Waals surface area contributed by atoms with Crippen molar-refractivity contribution in [2.45, 2.75) is 57.4 Å². The molecule has 5 heteroatoms. The number of likely N-dealkylation sites (tertiary alicyclic amines) is 1. The second-order valence-electron chi connectivity index (χ2n) is 7.17. The highest BCUT2D eigenvalue weighted by atomic mass is 32.1. The van der Waals surface area contributed by atoms with Crippen LogP contribution in [-0.4, -0.2) is 34.5 Å². The first kappa shape index (κ1) is 19.2. The molecule has 0 atom stereocenters. The Morgan fingerprint density at radius 2 is 1.96 bits per heavy atom. The van der Waals surface area contributed by atoms with Gasteiger partial charge in [0.1, 0.15) is 5.03 Å². The molecule has 0 unspecified atom stereocenters. The zero-order valence-corrected chi connectivity index (χ0v) is 16.9. The third kappa shape index (κ3) is 5.21. The second kappa shape index (κ2) is 9.38. The molecule has 0 amide bonds. The van der Waals surface area contributed by atoms with Crippen LogP contribution in [0.25, 0.3) is 0 Å². The highest BCUT2D eigenvalue weighted by Gasteiger charge is 2.11. The van der Waals surface area contributed by atoms with E-state index in [1.54, 1.807) is 6.20 Å². The summed E-state index contributed by atoms with van der Waals surface area (Å²) in [7, 11) is 0. The molecule has 0 aliphatic carbocycles. The maximum Gasteiger partial charge on any atom is 0.228 e. The lowest BCUT2D eigenvalue weighted by Crippen LogP contribution is -2.20. The Kier molecular flexibility index (Phi) is 6.92. The van der Waals surface area contributed by atoms with E-state index >= 15 is 0 Å². The first-order valence-electron chi connectivity index (χ1n) is 9.79. The number of thiol groups is 1. The Hall–Kier alpha value is -1.59. The monoisotopic (exact) mass is 370 g/mol. The van der Waals surface area contributed by atoms with Gasteiger partial charge in [0, 0.05) is 11.9 Å². The van der Waals surface area contributed by atoms with Crippen molar-refractivity contribution < 1.29 is 0 Å². The molecule has 1 aromatic heterocycles. The lowest BCUT2D eigenvalue weighted by Gasteiger charge is -2.15. The molecule has 2 heterocycles. The SMILES string of the molecule is CCc1ccc(Nc2ncc(C)c(S)n2)cc1CCCCN1CCCC1. The molecule has 1 aromatic carbocycles. The first-order valence-corrected chi connectivity index (χ1v) is 10.2. The minimum atomic E-state index is 0.602. The largest absolute Gasteiger partial charge is 0.324 e. The van der Waals surface area contributed by atoms with Gasteiger partial charge >= 0.3 is 0 Å². The van der Waals surface area contributed by atoms with Gasteiger partial charge in [-0.3, -0.25) is 0 Å². The molecule has 0 saturated carbocycles. The highest BCUT2D eigenvalue weighted by Crippen LogP contribution is 2.22. The van der Waals surface area contributed by atoms with Crippen LogP contribution in [-0.2, 0) is 12.8 Å². The van der Waals surface area contributed by atoms with Crippen molar-refractivity contribution in [3.05, 3.63) is 41.1 Å². The van der Waals surface area contributed by atoms with Gasteiger partial charge in [0.2, 0.25) is 5.95 Å². The molecule has 4 nitrogen and oxygen atoms in total. The molecule has 2 aromatic rings. The second-order valence-corrected chi connectivity index (χ2v) is 7.59. The molecule has 0 radical (unpaired) electrons. The number of benzene rings is 1. The molecule has 1 fully saturated rings. The van der Waals surface area contributed by atoms with Crippen molar-refractivity contribution in [3.8, 4) is 0 Å². The van der Waals surface area contributed by atoms with E-state index in [0.717, 1.165) is 29.1 Å². The Balaban J connectivity index is 1.60. The van der Waals surface area contributed by atoms with Crippen LogP contribution in [0.1, 0.15) is 49.3 Å². The van der Waals surface area contributed by atoms with Crippen LogP contribution < -0.4 is 5.32 Å². The maximum atomic E-state index is 4.40. The summed E-state index contributed by atoms with van der Waals surface area (Å²) in [5.41, 5.74) is 4.92. The molecule has 1 N–H and O–H groups in total. The maximum absolute atomic E-state index is 4.40. The van der Waals surface area contributed by atoms with E-state index in [4.69, 9.17) is 0 Å². The van der Waals surface area contributed by atoms with Crippen LogP contribution in [0.15, 0.2) is 29.4 Å². The molecule has 1 aliphatic rings. The number of unbranched alkanes of at least 4 members (excludes halogenated alkanes) is 1. The van der Waals surface area contributed by atoms with E-state index in [9.17, 15) is 0 Å². The van der Waals surface area contributed by atoms with E-state index < -0.39 is 0 Å². The van der Waals surface area contributed by atoms with Crippen molar-refractivity contribution in [1.82, 2.24) is 14.9 Å². The van der Waals surface area contributed by atoms with E-state index in [2.05, 4.69) is 57.9 Å². The molecular weight excluding hydrogens is 340 g/mol. The van der Waals surface area contributed by atoms with Gasteiger partial charge in [-0.15, -0.1) is 12.6 Å².